The van der Waals surface area contributed by atoms with Crippen molar-refractivity contribution in [2.75, 3.05) is 0 Å². The molecule has 1 aliphatic carbocycles. The van der Waals surface area contributed by atoms with E-state index in [-0.39, 0.29) is 27.7 Å². The third-order valence-electron chi connectivity index (χ3n) is 3.97. The van der Waals surface area contributed by atoms with Crippen LogP contribution in [0.15, 0.2) is 22.2 Å². The molecule has 0 radical (unpaired) electrons. The molecule has 0 amide bonds. The van der Waals surface area contributed by atoms with Gasteiger partial charge in [-0.25, -0.2) is 0 Å². The fraction of sp³-hybridized carbons (Fsp3) is 0.588. The first-order valence-corrected chi connectivity index (χ1v) is 7.84. The molecule has 4 heteroatoms. The largest absolute Gasteiger partial charge is 0.449 e. The summed E-state index contributed by atoms with van der Waals surface area (Å²) in [6.45, 7) is 8.02. The van der Waals surface area contributed by atoms with Crippen LogP contribution in [-0.2, 0) is 9.53 Å². The molecule has 3 atom stereocenters. The third-order valence-corrected chi connectivity index (χ3v) is 4.23. The normalized spacial score (nSPS) is 24.7. The molecule has 1 aliphatic rings. The summed E-state index contributed by atoms with van der Waals surface area (Å²) in [5, 5.41) is 0. The zero-order chi connectivity index (χ0) is 16.2. The van der Waals surface area contributed by atoms with E-state index in [0.29, 0.717) is 6.42 Å². The maximum absolute atomic E-state index is 12.3. The fourth-order valence-corrected chi connectivity index (χ4v) is 2.92. The van der Waals surface area contributed by atoms with E-state index >= 15 is 0 Å². The highest BCUT2D eigenvalue weighted by molar-refractivity contribution is 6.55. The van der Waals surface area contributed by atoms with E-state index in [9.17, 15) is 4.79 Å². The Kier molecular flexibility index (Phi) is 6.38. The smallest absolute Gasteiger partial charge is 0.311 e. The highest BCUT2D eigenvalue weighted by Gasteiger charge is 2.61. The van der Waals surface area contributed by atoms with Crippen molar-refractivity contribution in [3.05, 3.63) is 22.2 Å². The highest BCUT2D eigenvalue weighted by Crippen LogP contribution is 2.60. The predicted molar refractivity (Wildman–Crippen MR) is 87.9 cm³/mol. The van der Waals surface area contributed by atoms with E-state index in [4.69, 9.17) is 34.4 Å². The van der Waals surface area contributed by atoms with Crippen LogP contribution >= 0.6 is 23.2 Å². The molecule has 0 N–H and O–H groups in total. The van der Waals surface area contributed by atoms with Gasteiger partial charge in [-0.2, -0.15) is 0 Å². The summed E-state index contributed by atoms with van der Waals surface area (Å²) in [6, 6.07) is 0. The molecule has 0 spiro atoms. The maximum atomic E-state index is 12.3. The van der Waals surface area contributed by atoms with Crippen LogP contribution < -0.4 is 0 Å². The number of rotatable bonds is 6. The van der Waals surface area contributed by atoms with Gasteiger partial charge in [-0.15, -0.1) is 6.42 Å². The molecule has 116 valence electrons. The number of allylic oxidation sites excluding steroid dienone is 2. The van der Waals surface area contributed by atoms with Crippen LogP contribution in [0.4, 0.5) is 0 Å². The molecule has 0 bridgehead atoms. The van der Waals surface area contributed by atoms with Crippen LogP contribution in [-0.4, -0.2) is 12.1 Å². The molecule has 0 unspecified atom stereocenters. The lowest BCUT2D eigenvalue weighted by Crippen LogP contribution is -2.20. The van der Waals surface area contributed by atoms with Crippen molar-refractivity contribution in [1.82, 2.24) is 0 Å². The van der Waals surface area contributed by atoms with Gasteiger partial charge in [-0.1, -0.05) is 61.5 Å². The maximum Gasteiger partial charge on any atom is 0.311 e. The van der Waals surface area contributed by atoms with E-state index in [0.717, 1.165) is 12.0 Å². The second-order valence-electron chi connectivity index (χ2n) is 6.04. The van der Waals surface area contributed by atoms with Crippen LogP contribution in [0.2, 0.25) is 0 Å². The Morgan fingerprint density at radius 2 is 2.10 bits per heavy atom. The van der Waals surface area contributed by atoms with E-state index in [1.165, 1.54) is 0 Å². The fourth-order valence-electron chi connectivity index (χ4n) is 2.65. The molecular formula is C17H22Cl2O2. The zero-order valence-electron chi connectivity index (χ0n) is 13.0. The number of carbonyl (C=O) groups excluding carboxylic acids is 1. The second kappa shape index (κ2) is 7.38. The number of terminal acetylenes is 1. The molecule has 0 saturated heterocycles. The van der Waals surface area contributed by atoms with Crippen molar-refractivity contribution < 1.29 is 9.53 Å². The third kappa shape index (κ3) is 4.80. The van der Waals surface area contributed by atoms with Gasteiger partial charge in [-0.05, 0) is 30.8 Å². The molecule has 1 rings (SSSR count). The topological polar surface area (TPSA) is 26.3 Å². The van der Waals surface area contributed by atoms with Crippen LogP contribution in [0.1, 0.15) is 40.5 Å². The van der Waals surface area contributed by atoms with Gasteiger partial charge in [0.25, 0.3) is 0 Å². The van der Waals surface area contributed by atoms with Gasteiger partial charge in [0.1, 0.15) is 4.49 Å². The lowest BCUT2D eigenvalue weighted by Gasteiger charge is -2.13. The van der Waals surface area contributed by atoms with E-state index in [1.54, 1.807) is 6.08 Å². The zero-order valence-corrected chi connectivity index (χ0v) is 14.5. The molecule has 0 heterocycles. The number of ether oxygens (including phenoxy) is 1. The lowest BCUT2D eigenvalue weighted by atomic mass is 10.1. The molecule has 0 aromatic rings. The first-order valence-electron chi connectivity index (χ1n) is 7.09. The van der Waals surface area contributed by atoms with Crippen molar-refractivity contribution in [2.24, 2.45) is 17.3 Å². The average Bonchev–Trinajstić information content (AvgIpc) is 2.89. The molecule has 0 aromatic carbocycles. The Balaban J connectivity index is 2.67. The molecule has 2 nitrogen and oxygen atoms in total. The summed E-state index contributed by atoms with van der Waals surface area (Å²) in [6.07, 6.45) is 10.2. The predicted octanol–water partition coefficient (Wildman–Crippen LogP) is 4.87. The van der Waals surface area contributed by atoms with Crippen LogP contribution in [0, 0.1) is 29.6 Å². The van der Waals surface area contributed by atoms with Gasteiger partial charge in [-0.3, -0.25) is 4.79 Å². The van der Waals surface area contributed by atoms with Gasteiger partial charge < -0.3 is 4.74 Å². The molecule has 1 saturated carbocycles. The summed E-state index contributed by atoms with van der Waals surface area (Å²) in [4.78, 5) is 12.3. The van der Waals surface area contributed by atoms with Gasteiger partial charge in [0.15, 0.2) is 6.10 Å². The Hall–Kier alpha value is -0.910. The van der Waals surface area contributed by atoms with E-state index < -0.39 is 6.10 Å². The molecule has 0 aliphatic heterocycles. The monoisotopic (exact) mass is 328 g/mol. The van der Waals surface area contributed by atoms with Crippen LogP contribution in [0.25, 0.3) is 0 Å². The number of hydrogen-bond acceptors (Lipinski definition) is 2. The minimum atomic E-state index is -0.521. The number of halogens is 2. The van der Waals surface area contributed by atoms with E-state index in [2.05, 4.69) is 18.9 Å². The van der Waals surface area contributed by atoms with Crippen molar-refractivity contribution >= 4 is 29.2 Å². The standard InChI is InChI=1S/C17H22Cl2O2/c1-6-8-11(3)9-12(7-2)21-16(20)15-13(10-14(18)19)17(15,4)5/h2,8,10,12-13,15H,6,9H2,1,3-5H3/b11-8+/t12-,13-,15+/m1/s1. The molecular weight excluding hydrogens is 307 g/mol. The minimum Gasteiger partial charge on any atom is -0.449 e. The Morgan fingerprint density at radius 1 is 1.48 bits per heavy atom. The number of esters is 1. The SMILES string of the molecule is C#C[C@H](C/C(C)=C/CC)OC(=O)[C@@H]1[C@@H](C=C(Cl)Cl)C1(C)C. The Labute approximate surface area is 137 Å². The summed E-state index contributed by atoms with van der Waals surface area (Å²) in [5.41, 5.74) is 0.933. The first-order chi connectivity index (χ1) is 9.73. The summed E-state index contributed by atoms with van der Waals surface area (Å²) < 4.78 is 5.64. The van der Waals surface area contributed by atoms with Gasteiger partial charge in [0, 0.05) is 6.42 Å². The lowest BCUT2D eigenvalue weighted by molar-refractivity contribution is -0.149. The Bertz CT molecular complexity index is 493. The van der Waals surface area contributed by atoms with Crippen molar-refractivity contribution in [3.8, 4) is 12.3 Å². The summed E-state index contributed by atoms with van der Waals surface area (Å²) in [7, 11) is 0. The summed E-state index contributed by atoms with van der Waals surface area (Å²) in [5.74, 6) is 2.02. The Morgan fingerprint density at radius 3 is 2.57 bits per heavy atom. The summed E-state index contributed by atoms with van der Waals surface area (Å²) >= 11 is 11.4. The van der Waals surface area contributed by atoms with Gasteiger partial charge >= 0.3 is 5.97 Å². The number of hydrogen-bond donors (Lipinski definition) is 0. The van der Waals surface area contributed by atoms with Crippen molar-refractivity contribution in [3.63, 3.8) is 0 Å². The number of carbonyl (C=O) groups is 1. The van der Waals surface area contributed by atoms with Crippen LogP contribution in [0.3, 0.4) is 0 Å². The van der Waals surface area contributed by atoms with Gasteiger partial charge in [0.05, 0.1) is 5.92 Å². The van der Waals surface area contributed by atoms with Crippen molar-refractivity contribution in [1.29, 1.82) is 0 Å². The average molecular weight is 329 g/mol. The highest BCUT2D eigenvalue weighted by atomic mass is 35.5. The van der Waals surface area contributed by atoms with E-state index in [1.807, 2.05) is 20.8 Å². The quantitative estimate of drug-likeness (QED) is 0.395. The second-order valence-corrected chi connectivity index (χ2v) is 7.04. The molecule has 0 aromatic heterocycles. The minimum absolute atomic E-state index is 0.000653. The molecule has 21 heavy (non-hydrogen) atoms. The van der Waals surface area contributed by atoms with Gasteiger partial charge in [0.2, 0.25) is 0 Å². The van der Waals surface area contributed by atoms with Crippen LogP contribution in [0.5, 0.6) is 0 Å². The first kappa shape index (κ1) is 18.1. The molecule has 1 fully saturated rings. The van der Waals surface area contributed by atoms with Crippen molar-refractivity contribution in [2.45, 2.75) is 46.6 Å².